The Labute approximate surface area is 169 Å². The maximum absolute atomic E-state index is 13.4. The van der Waals surface area contributed by atoms with Gasteiger partial charge in [-0.2, -0.15) is 0 Å². The summed E-state index contributed by atoms with van der Waals surface area (Å²) in [6, 6.07) is 26.4. The van der Waals surface area contributed by atoms with Gasteiger partial charge in [-0.1, -0.05) is 102 Å². The zero-order chi connectivity index (χ0) is 19.5. The van der Waals surface area contributed by atoms with Crippen molar-refractivity contribution in [3.63, 3.8) is 0 Å². The van der Waals surface area contributed by atoms with Crippen molar-refractivity contribution in [2.24, 2.45) is 0 Å². The molecule has 0 amide bonds. The molecule has 1 atom stereocenters. The van der Waals surface area contributed by atoms with Gasteiger partial charge in [0.25, 0.3) is 0 Å². The van der Waals surface area contributed by atoms with Crippen LogP contribution < -0.4 is 10.4 Å². The van der Waals surface area contributed by atoms with Crippen LogP contribution >= 0.6 is 11.6 Å². The van der Waals surface area contributed by atoms with Crippen LogP contribution in [-0.4, -0.2) is 21.7 Å². The molecule has 4 heteroatoms. The Kier molecular flexibility index (Phi) is 6.04. The van der Waals surface area contributed by atoms with Crippen LogP contribution in [0, 0.1) is 5.82 Å². The summed E-state index contributed by atoms with van der Waals surface area (Å²) in [5, 5.41) is 2.72. The van der Waals surface area contributed by atoms with Gasteiger partial charge in [0, 0.05) is 5.50 Å². The first-order valence-electron chi connectivity index (χ1n) is 9.33. The van der Waals surface area contributed by atoms with E-state index in [2.05, 4.69) is 74.2 Å². The highest BCUT2D eigenvalue weighted by Gasteiger charge is 2.38. The molecule has 0 bridgehead atoms. The minimum atomic E-state index is -1.90. The first kappa shape index (κ1) is 20.1. The van der Waals surface area contributed by atoms with Crippen LogP contribution in [0.2, 0.25) is 25.3 Å². The second-order valence-electron chi connectivity index (χ2n) is 8.17. The third kappa shape index (κ3) is 4.42. The molecular weight excluding hydrogens is 387 g/mol. The molecule has 0 N–H and O–H groups in total. The van der Waals surface area contributed by atoms with Gasteiger partial charge < -0.3 is 0 Å². The van der Waals surface area contributed by atoms with Gasteiger partial charge in [0.05, 0.1) is 16.1 Å². The minimum Gasteiger partial charge on any atom is -0.207 e. The van der Waals surface area contributed by atoms with Gasteiger partial charge in [-0.25, -0.2) is 4.39 Å². The normalized spacial score (nSPS) is 14.0. The molecular formula is C23H26ClFSi2. The van der Waals surface area contributed by atoms with Crippen LogP contribution in [0.5, 0.6) is 0 Å². The van der Waals surface area contributed by atoms with Crippen molar-refractivity contribution in [1.29, 1.82) is 0 Å². The van der Waals surface area contributed by atoms with Crippen molar-refractivity contribution in [2.75, 3.05) is 5.50 Å². The summed E-state index contributed by atoms with van der Waals surface area (Å²) in [7, 11) is -3.68. The molecule has 0 saturated heterocycles. The van der Waals surface area contributed by atoms with E-state index < -0.39 is 16.1 Å². The fourth-order valence-corrected chi connectivity index (χ4v) is 17.8. The lowest BCUT2D eigenvalue weighted by Crippen LogP contribution is -2.57. The molecule has 3 aromatic carbocycles. The molecule has 0 saturated carbocycles. The molecule has 0 aromatic heterocycles. The summed E-state index contributed by atoms with van der Waals surface area (Å²) < 4.78 is 13.4. The Balaban J connectivity index is 2.00. The van der Waals surface area contributed by atoms with E-state index in [0.29, 0.717) is 5.50 Å². The third-order valence-corrected chi connectivity index (χ3v) is 18.0. The van der Waals surface area contributed by atoms with Gasteiger partial charge in [-0.15, -0.1) is 11.6 Å². The zero-order valence-electron chi connectivity index (χ0n) is 16.2. The van der Waals surface area contributed by atoms with E-state index >= 15 is 0 Å². The van der Waals surface area contributed by atoms with Crippen LogP contribution in [0.15, 0.2) is 78.9 Å². The maximum Gasteiger partial charge on any atom is 0.123 e. The summed E-state index contributed by atoms with van der Waals surface area (Å²) in [5.74, 6) is -0.185. The molecule has 0 fully saturated rings. The fraction of sp³-hybridized carbons (Fsp3) is 0.217. The SMILES string of the molecule is C[Si](C)(C[Si](C)(CCl)c1ccc(F)cc1)c1ccccc1-c1ccccc1. The highest BCUT2D eigenvalue weighted by Crippen LogP contribution is 2.26. The van der Waals surface area contributed by atoms with Gasteiger partial charge in [-0.05, 0) is 23.3 Å². The van der Waals surface area contributed by atoms with Gasteiger partial charge >= 0.3 is 0 Å². The van der Waals surface area contributed by atoms with Crippen LogP contribution in [0.1, 0.15) is 0 Å². The molecule has 0 aliphatic rings. The maximum atomic E-state index is 13.4. The van der Waals surface area contributed by atoms with E-state index in [-0.39, 0.29) is 5.82 Å². The molecule has 0 nitrogen and oxygen atoms in total. The largest absolute Gasteiger partial charge is 0.207 e. The van der Waals surface area contributed by atoms with Gasteiger partial charge in [-0.3, -0.25) is 0 Å². The first-order chi connectivity index (χ1) is 12.9. The lowest BCUT2D eigenvalue weighted by molar-refractivity contribution is 0.628. The molecule has 140 valence electrons. The number of hydrogen-bond acceptors (Lipinski definition) is 0. The Morgan fingerprint density at radius 3 is 2.00 bits per heavy atom. The average Bonchev–Trinajstić information content (AvgIpc) is 2.69. The summed E-state index contributed by atoms with van der Waals surface area (Å²) in [6.45, 7) is 7.22. The van der Waals surface area contributed by atoms with Crippen LogP contribution in [0.4, 0.5) is 4.39 Å². The predicted octanol–water partition coefficient (Wildman–Crippen LogP) is 5.71. The average molecular weight is 413 g/mol. The molecule has 3 rings (SSSR count). The van der Waals surface area contributed by atoms with E-state index in [0.717, 1.165) is 5.67 Å². The van der Waals surface area contributed by atoms with E-state index in [1.807, 2.05) is 12.1 Å². The molecule has 27 heavy (non-hydrogen) atoms. The second-order valence-corrected chi connectivity index (χ2v) is 18.7. The van der Waals surface area contributed by atoms with E-state index in [9.17, 15) is 4.39 Å². The molecule has 0 heterocycles. The van der Waals surface area contributed by atoms with Crippen LogP contribution in [0.3, 0.4) is 0 Å². The van der Waals surface area contributed by atoms with Crippen molar-refractivity contribution in [3.8, 4) is 11.1 Å². The van der Waals surface area contributed by atoms with Crippen molar-refractivity contribution < 1.29 is 4.39 Å². The number of alkyl halides is 1. The summed E-state index contributed by atoms with van der Waals surface area (Å²) in [6.07, 6.45) is 0. The smallest absolute Gasteiger partial charge is 0.123 e. The molecule has 1 unspecified atom stereocenters. The van der Waals surface area contributed by atoms with Crippen molar-refractivity contribution in [3.05, 3.63) is 84.7 Å². The zero-order valence-corrected chi connectivity index (χ0v) is 18.9. The Bertz CT molecular complexity index is 894. The lowest BCUT2D eigenvalue weighted by Gasteiger charge is -2.35. The topological polar surface area (TPSA) is 0 Å². The monoisotopic (exact) mass is 412 g/mol. The third-order valence-electron chi connectivity index (χ3n) is 5.41. The van der Waals surface area contributed by atoms with Gasteiger partial charge in [0.2, 0.25) is 0 Å². The summed E-state index contributed by atoms with van der Waals surface area (Å²) in [4.78, 5) is 0. The standard InChI is InChI=1S/C23H26ClFSi2/c1-26(2,18-27(3,17-24)21-15-13-20(25)14-16-21)23-12-8-7-11-22(23)19-9-5-4-6-10-19/h4-16H,17-18H2,1-3H3. The number of halogens is 2. The van der Waals surface area contributed by atoms with Crippen LogP contribution in [-0.2, 0) is 0 Å². The van der Waals surface area contributed by atoms with Crippen molar-refractivity contribution >= 4 is 38.1 Å². The van der Waals surface area contributed by atoms with Crippen molar-refractivity contribution in [1.82, 2.24) is 0 Å². The highest BCUT2D eigenvalue weighted by atomic mass is 35.5. The molecule has 0 radical (unpaired) electrons. The number of benzene rings is 3. The highest BCUT2D eigenvalue weighted by molar-refractivity contribution is 7.08. The molecule has 0 aliphatic carbocycles. The van der Waals surface area contributed by atoms with Crippen LogP contribution in [0.25, 0.3) is 11.1 Å². The second kappa shape index (κ2) is 8.13. The molecule has 0 spiro atoms. The van der Waals surface area contributed by atoms with Gasteiger partial charge in [0.15, 0.2) is 0 Å². The lowest BCUT2D eigenvalue weighted by atomic mass is 10.1. The van der Waals surface area contributed by atoms with Crippen molar-refractivity contribution in [2.45, 2.75) is 25.3 Å². The molecule has 0 aliphatic heterocycles. The Morgan fingerprint density at radius 1 is 0.778 bits per heavy atom. The summed E-state index contributed by atoms with van der Waals surface area (Å²) >= 11 is 6.52. The Hall–Kier alpha value is -1.69. The van der Waals surface area contributed by atoms with E-state index in [4.69, 9.17) is 11.6 Å². The summed E-state index contributed by atoms with van der Waals surface area (Å²) in [5.41, 5.74) is 4.39. The van der Waals surface area contributed by atoms with Gasteiger partial charge in [0.1, 0.15) is 5.82 Å². The quantitative estimate of drug-likeness (QED) is 0.359. The predicted molar refractivity (Wildman–Crippen MR) is 122 cm³/mol. The Morgan fingerprint density at radius 2 is 1.37 bits per heavy atom. The molecule has 3 aromatic rings. The first-order valence-corrected chi connectivity index (χ1v) is 16.0. The van der Waals surface area contributed by atoms with E-state index in [1.165, 1.54) is 21.5 Å². The van der Waals surface area contributed by atoms with E-state index in [1.54, 1.807) is 12.1 Å². The number of hydrogen-bond donors (Lipinski definition) is 0. The number of rotatable bonds is 6. The minimum absolute atomic E-state index is 0.185. The fourth-order valence-electron chi connectivity index (χ4n) is 4.09.